The summed E-state index contributed by atoms with van der Waals surface area (Å²) >= 11 is 0. The van der Waals surface area contributed by atoms with Crippen molar-refractivity contribution in [3.8, 4) is 0 Å². The predicted octanol–water partition coefficient (Wildman–Crippen LogP) is 4.00. The minimum absolute atomic E-state index is 0.194. The van der Waals surface area contributed by atoms with Gasteiger partial charge >= 0.3 is 0 Å². The Kier molecular flexibility index (Phi) is 3.67. The van der Waals surface area contributed by atoms with Crippen LogP contribution in [-0.2, 0) is 15.2 Å². The van der Waals surface area contributed by atoms with Gasteiger partial charge in [-0.1, -0.05) is 49.6 Å². The van der Waals surface area contributed by atoms with E-state index in [1.807, 2.05) is 0 Å². The molecule has 18 heavy (non-hydrogen) atoms. The van der Waals surface area contributed by atoms with E-state index in [2.05, 4.69) is 30.3 Å². The van der Waals surface area contributed by atoms with Gasteiger partial charge in [0.05, 0.1) is 6.61 Å². The molecule has 1 atom stereocenters. The highest BCUT2D eigenvalue weighted by Gasteiger charge is 2.43. The lowest BCUT2D eigenvalue weighted by Crippen LogP contribution is -2.44. The average Bonchev–Trinajstić information content (AvgIpc) is 2.50. The van der Waals surface area contributed by atoms with Crippen LogP contribution in [0.5, 0.6) is 0 Å². The van der Waals surface area contributed by atoms with Crippen molar-refractivity contribution in [1.82, 2.24) is 0 Å². The molecule has 3 rings (SSSR count). The predicted molar refractivity (Wildman–Crippen MR) is 71.3 cm³/mol. The molecule has 1 heterocycles. The van der Waals surface area contributed by atoms with E-state index in [1.54, 1.807) is 0 Å². The molecule has 1 unspecified atom stereocenters. The Balaban J connectivity index is 1.92. The number of hydrogen-bond donors (Lipinski definition) is 0. The molecule has 0 bridgehead atoms. The fraction of sp³-hybridized carbons (Fsp3) is 0.625. The molecule has 2 nitrogen and oxygen atoms in total. The molecule has 98 valence electrons. The third-order valence-corrected chi connectivity index (χ3v) is 4.59. The molecule has 0 radical (unpaired) electrons. The van der Waals surface area contributed by atoms with E-state index < -0.39 is 0 Å². The van der Waals surface area contributed by atoms with Crippen LogP contribution in [0.4, 0.5) is 0 Å². The maximum Gasteiger partial charge on any atom is 0.103 e. The highest BCUT2D eigenvalue weighted by molar-refractivity contribution is 5.28. The Hall–Kier alpha value is -0.860. The van der Waals surface area contributed by atoms with Crippen LogP contribution in [-0.4, -0.2) is 12.7 Å². The van der Waals surface area contributed by atoms with Gasteiger partial charge in [-0.2, -0.15) is 0 Å². The standard InChI is InChI=1S/C16H22O2/c1-3-8-14(9-4-1)16(11-5-2-6-12-16)15-10-7-13-17-18-15/h1,3-4,8-9,15H,2,5-7,10-13H2. The fourth-order valence-electron chi connectivity index (χ4n) is 3.62. The molecular weight excluding hydrogens is 224 g/mol. The number of hydrogen-bond acceptors (Lipinski definition) is 2. The summed E-state index contributed by atoms with van der Waals surface area (Å²) in [7, 11) is 0. The fourth-order valence-corrected chi connectivity index (χ4v) is 3.62. The highest BCUT2D eigenvalue weighted by Crippen LogP contribution is 2.45. The second-order valence-electron chi connectivity index (χ2n) is 5.63. The summed E-state index contributed by atoms with van der Waals surface area (Å²) in [5.74, 6) is 0. The second kappa shape index (κ2) is 5.41. The van der Waals surface area contributed by atoms with Crippen molar-refractivity contribution in [2.45, 2.75) is 56.5 Å². The Morgan fingerprint density at radius 1 is 0.944 bits per heavy atom. The van der Waals surface area contributed by atoms with Gasteiger partial charge in [0.2, 0.25) is 0 Å². The third-order valence-electron chi connectivity index (χ3n) is 4.59. The van der Waals surface area contributed by atoms with Crippen molar-refractivity contribution < 1.29 is 9.78 Å². The Labute approximate surface area is 109 Å². The summed E-state index contributed by atoms with van der Waals surface area (Å²) in [6, 6.07) is 10.9. The second-order valence-corrected chi connectivity index (χ2v) is 5.63. The van der Waals surface area contributed by atoms with E-state index >= 15 is 0 Å². The summed E-state index contributed by atoms with van der Waals surface area (Å²) in [6.45, 7) is 0.751. The molecule has 1 aliphatic carbocycles. The number of benzene rings is 1. The zero-order valence-electron chi connectivity index (χ0n) is 10.9. The van der Waals surface area contributed by atoms with Gasteiger partial charge in [0, 0.05) is 5.41 Å². The van der Waals surface area contributed by atoms with Crippen molar-refractivity contribution in [2.24, 2.45) is 0 Å². The lowest BCUT2D eigenvalue weighted by atomic mass is 9.65. The van der Waals surface area contributed by atoms with E-state index in [9.17, 15) is 0 Å². The van der Waals surface area contributed by atoms with Crippen LogP contribution in [0.25, 0.3) is 0 Å². The van der Waals surface area contributed by atoms with E-state index in [0.29, 0.717) is 0 Å². The number of rotatable bonds is 2. The average molecular weight is 246 g/mol. The topological polar surface area (TPSA) is 18.5 Å². The first-order chi connectivity index (χ1) is 8.92. The van der Waals surface area contributed by atoms with Crippen molar-refractivity contribution in [1.29, 1.82) is 0 Å². The molecule has 0 N–H and O–H groups in total. The van der Waals surface area contributed by atoms with Gasteiger partial charge in [-0.3, -0.25) is 0 Å². The molecule has 0 amide bonds. The molecule has 1 saturated heterocycles. The van der Waals surface area contributed by atoms with Gasteiger partial charge in [0.1, 0.15) is 6.10 Å². The van der Waals surface area contributed by atoms with Gasteiger partial charge in [0.25, 0.3) is 0 Å². The molecule has 2 heteroatoms. The Bertz CT molecular complexity index is 362. The largest absolute Gasteiger partial charge is 0.236 e. The first-order valence-corrected chi connectivity index (χ1v) is 7.26. The molecule has 1 aromatic carbocycles. The molecule has 0 spiro atoms. The third kappa shape index (κ3) is 2.19. The summed E-state index contributed by atoms with van der Waals surface area (Å²) in [5, 5.41) is 0. The van der Waals surface area contributed by atoms with Crippen LogP contribution < -0.4 is 0 Å². The SMILES string of the molecule is c1ccc(C2(C3CCCOO3)CCCCC2)cc1. The zero-order valence-corrected chi connectivity index (χ0v) is 10.9. The molecule has 2 fully saturated rings. The van der Waals surface area contributed by atoms with Gasteiger partial charge in [-0.15, -0.1) is 0 Å². The monoisotopic (exact) mass is 246 g/mol. The van der Waals surface area contributed by atoms with Gasteiger partial charge in [0.15, 0.2) is 0 Å². The van der Waals surface area contributed by atoms with Gasteiger partial charge < -0.3 is 0 Å². The Morgan fingerprint density at radius 3 is 2.39 bits per heavy atom. The van der Waals surface area contributed by atoms with Crippen molar-refractivity contribution in [3.05, 3.63) is 35.9 Å². The lowest BCUT2D eigenvalue weighted by Gasteiger charge is -2.44. The lowest BCUT2D eigenvalue weighted by molar-refractivity contribution is -0.358. The minimum atomic E-state index is 0.194. The zero-order chi connectivity index (χ0) is 12.3. The summed E-state index contributed by atoms with van der Waals surface area (Å²) < 4.78 is 0. The molecule has 0 aromatic heterocycles. The van der Waals surface area contributed by atoms with Crippen molar-refractivity contribution in [3.63, 3.8) is 0 Å². The van der Waals surface area contributed by atoms with Gasteiger partial charge in [-0.25, -0.2) is 9.78 Å². The highest BCUT2D eigenvalue weighted by atomic mass is 17.2. The maximum atomic E-state index is 5.68. The quantitative estimate of drug-likeness (QED) is 0.734. The van der Waals surface area contributed by atoms with Crippen LogP contribution >= 0.6 is 0 Å². The first kappa shape index (κ1) is 12.2. The molecule has 1 saturated carbocycles. The van der Waals surface area contributed by atoms with Crippen molar-refractivity contribution in [2.75, 3.05) is 6.61 Å². The Morgan fingerprint density at radius 2 is 1.72 bits per heavy atom. The van der Waals surface area contributed by atoms with Crippen LogP contribution in [0, 0.1) is 0 Å². The molecule has 1 aliphatic heterocycles. The van der Waals surface area contributed by atoms with E-state index in [0.717, 1.165) is 19.4 Å². The summed E-state index contributed by atoms with van der Waals surface area (Å²) in [5.41, 5.74) is 1.64. The van der Waals surface area contributed by atoms with Crippen LogP contribution in [0.15, 0.2) is 30.3 Å². The minimum Gasteiger partial charge on any atom is -0.236 e. The first-order valence-electron chi connectivity index (χ1n) is 7.26. The van der Waals surface area contributed by atoms with Crippen LogP contribution in [0.2, 0.25) is 0 Å². The molecular formula is C16H22O2. The summed E-state index contributed by atoms with van der Waals surface area (Å²) in [6.07, 6.45) is 8.98. The summed E-state index contributed by atoms with van der Waals surface area (Å²) in [4.78, 5) is 11.0. The van der Waals surface area contributed by atoms with E-state index in [1.165, 1.54) is 37.7 Å². The maximum absolute atomic E-state index is 5.68. The van der Waals surface area contributed by atoms with Crippen molar-refractivity contribution >= 4 is 0 Å². The van der Waals surface area contributed by atoms with E-state index in [4.69, 9.17) is 9.78 Å². The van der Waals surface area contributed by atoms with Crippen LogP contribution in [0.3, 0.4) is 0 Å². The van der Waals surface area contributed by atoms with E-state index in [-0.39, 0.29) is 11.5 Å². The molecule has 1 aromatic rings. The smallest absolute Gasteiger partial charge is 0.103 e. The normalized spacial score (nSPS) is 27.9. The van der Waals surface area contributed by atoms with Crippen LogP contribution in [0.1, 0.15) is 50.5 Å². The molecule has 2 aliphatic rings. The van der Waals surface area contributed by atoms with Gasteiger partial charge in [-0.05, 0) is 31.2 Å².